The molecule has 0 bridgehead atoms. The molecule has 0 saturated carbocycles. The highest BCUT2D eigenvalue weighted by atomic mass is 32.1. The number of carbonyl (C=O) groups is 4. The number of hydrogen-bond acceptors (Lipinski definition) is 4. The fraction of sp³-hybridized carbons (Fsp3) is 0.500. The molecule has 0 aromatic carbocycles. The van der Waals surface area contributed by atoms with Crippen molar-refractivity contribution in [3.63, 3.8) is 0 Å². The zero-order valence-corrected chi connectivity index (χ0v) is 8.96. The van der Waals surface area contributed by atoms with Gasteiger partial charge in [0.15, 0.2) is 0 Å². The minimum Gasteiger partial charge on any atom is -0.296 e. The van der Waals surface area contributed by atoms with Gasteiger partial charge in [-0.15, -0.1) is 0 Å². The number of hydrogen-bond donors (Lipinski definition) is 2. The zero-order chi connectivity index (χ0) is 10.6. The molecule has 0 radical (unpaired) electrons. The Hall–Kier alpha value is -1.37. The van der Waals surface area contributed by atoms with E-state index in [-0.39, 0.29) is 37.1 Å². The normalized spacial score (nSPS) is 18.7. The molecule has 2 aliphatic rings. The van der Waals surface area contributed by atoms with Gasteiger partial charge < -0.3 is 0 Å². The van der Waals surface area contributed by atoms with Gasteiger partial charge in [0.2, 0.25) is 23.6 Å². The summed E-state index contributed by atoms with van der Waals surface area (Å²) in [6.45, 7) is 0. The lowest BCUT2D eigenvalue weighted by Crippen LogP contribution is -2.18. The SMILES string of the molecule is O=C1CCC(=O)N1.O=C1CCC(=O)N1.S. The molecule has 0 atom stereocenters. The van der Waals surface area contributed by atoms with E-state index in [0.29, 0.717) is 25.7 Å². The van der Waals surface area contributed by atoms with Crippen LogP contribution in [0.4, 0.5) is 0 Å². The van der Waals surface area contributed by atoms with Crippen molar-refractivity contribution in [1.29, 1.82) is 0 Å². The maximum absolute atomic E-state index is 10.1. The van der Waals surface area contributed by atoms with Crippen molar-refractivity contribution < 1.29 is 19.2 Å². The second-order valence-electron chi connectivity index (χ2n) is 2.94. The van der Waals surface area contributed by atoms with E-state index in [0.717, 1.165) is 0 Å². The van der Waals surface area contributed by atoms with Crippen LogP contribution >= 0.6 is 13.5 Å². The van der Waals surface area contributed by atoms with Crippen molar-refractivity contribution in [3.8, 4) is 0 Å². The van der Waals surface area contributed by atoms with Gasteiger partial charge in [0.1, 0.15) is 0 Å². The average Bonchev–Trinajstić information content (AvgIpc) is 2.63. The lowest BCUT2D eigenvalue weighted by molar-refractivity contribution is -0.126. The van der Waals surface area contributed by atoms with Crippen LogP contribution in [0.3, 0.4) is 0 Å². The standard InChI is InChI=1S/2C4H5NO2.H2S/c2*6-3-1-2-4(7)5-3;/h2*1-2H2,(H,5,6,7);1H2. The minimum atomic E-state index is -0.148. The molecule has 0 aliphatic carbocycles. The summed E-state index contributed by atoms with van der Waals surface area (Å²) in [6.07, 6.45) is 1.50. The van der Waals surface area contributed by atoms with E-state index in [1.54, 1.807) is 0 Å². The summed E-state index contributed by atoms with van der Waals surface area (Å²) in [7, 11) is 0. The van der Waals surface area contributed by atoms with E-state index in [4.69, 9.17) is 0 Å². The number of rotatable bonds is 0. The Bertz CT molecular complexity index is 245. The quantitative estimate of drug-likeness (QED) is 0.522. The van der Waals surface area contributed by atoms with E-state index < -0.39 is 0 Å². The summed E-state index contributed by atoms with van der Waals surface area (Å²) >= 11 is 0. The molecule has 0 spiro atoms. The molecular weight excluding hydrogens is 220 g/mol. The van der Waals surface area contributed by atoms with Crippen LogP contribution in [-0.2, 0) is 19.2 Å². The highest BCUT2D eigenvalue weighted by Crippen LogP contribution is 1.96. The molecule has 15 heavy (non-hydrogen) atoms. The Labute approximate surface area is 93.2 Å². The number of nitrogens with one attached hydrogen (secondary N) is 2. The van der Waals surface area contributed by atoms with Crippen molar-refractivity contribution in [2.75, 3.05) is 0 Å². The number of amides is 4. The first kappa shape index (κ1) is 13.6. The second-order valence-corrected chi connectivity index (χ2v) is 2.94. The van der Waals surface area contributed by atoms with Gasteiger partial charge in [-0.3, -0.25) is 29.8 Å². The van der Waals surface area contributed by atoms with E-state index >= 15 is 0 Å². The Morgan fingerprint density at radius 1 is 0.600 bits per heavy atom. The molecule has 7 heteroatoms. The van der Waals surface area contributed by atoms with Crippen molar-refractivity contribution in [2.24, 2.45) is 0 Å². The predicted octanol–water partition coefficient (Wildman–Crippen LogP) is -1.04. The molecule has 2 heterocycles. The summed E-state index contributed by atoms with van der Waals surface area (Å²) in [5, 5.41) is 4.28. The van der Waals surface area contributed by atoms with Gasteiger partial charge in [-0.2, -0.15) is 13.5 Å². The molecule has 2 fully saturated rings. The van der Waals surface area contributed by atoms with Crippen LogP contribution in [0.25, 0.3) is 0 Å². The van der Waals surface area contributed by atoms with E-state index in [9.17, 15) is 19.2 Å². The number of imide groups is 2. The molecule has 2 rings (SSSR count). The summed E-state index contributed by atoms with van der Waals surface area (Å²) in [5.41, 5.74) is 0. The maximum Gasteiger partial charge on any atom is 0.227 e. The predicted molar refractivity (Wildman–Crippen MR) is 55.1 cm³/mol. The molecule has 6 nitrogen and oxygen atoms in total. The lowest BCUT2D eigenvalue weighted by Gasteiger charge is -1.79. The third kappa shape index (κ3) is 5.16. The smallest absolute Gasteiger partial charge is 0.227 e. The van der Waals surface area contributed by atoms with Crippen molar-refractivity contribution in [1.82, 2.24) is 10.6 Å². The van der Waals surface area contributed by atoms with Gasteiger partial charge in [0, 0.05) is 25.7 Å². The lowest BCUT2D eigenvalue weighted by atomic mass is 10.4. The third-order valence-electron chi connectivity index (χ3n) is 1.72. The highest BCUT2D eigenvalue weighted by Gasteiger charge is 2.16. The minimum absolute atomic E-state index is 0. The van der Waals surface area contributed by atoms with Crippen LogP contribution in [0.2, 0.25) is 0 Å². The summed E-state index contributed by atoms with van der Waals surface area (Å²) in [5.74, 6) is -0.593. The van der Waals surface area contributed by atoms with Crippen LogP contribution in [0.1, 0.15) is 25.7 Å². The first-order valence-corrected chi connectivity index (χ1v) is 4.23. The van der Waals surface area contributed by atoms with Crippen LogP contribution in [0, 0.1) is 0 Å². The van der Waals surface area contributed by atoms with E-state index in [2.05, 4.69) is 10.6 Å². The molecule has 84 valence electrons. The Morgan fingerprint density at radius 3 is 0.867 bits per heavy atom. The topological polar surface area (TPSA) is 92.3 Å². The van der Waals surface area contributed by atoms with Gasteiger partial charge in [-0.05, 0) is 0 Å². The molecule has 0 unspecified atom stereocenters. The number of carbonyl (C=O) groups excluding carboxylic acids is 4. The van der Waals surface area contributed by atoms with Crippen LogP contribution in [0.15, 0.2) is 0 Å². The van der Waals surface area contributed by atoms with Crippen molar-refractivity contribution >= 4 is 37.1 Å². The molecular formula is C8H12N2O4S. The Morgan fingerprint density at radius 2 is 0.800 bits per heavy atom. The summed E-state index contributed by atoms with van der Waals surface area (Å²) in [6, 6.07) is 0. The van der Waals surface area contributed by atoms with E-state index in [1.807, 2.05) is 0 Å². The fourth-order valence-electron chi connectivity index (χ4n) is 1.02. The van der Waals surface area contributed by atoms with Crippen molar-refractivity contribution in [3.05, 3.63) is 0 Å². The molecule has 0 aromatic rings. The molecule has 2 saturated heterocycles. The first-order chi connectivity index (χ1) is 6.58. The largest absolute Gasteiger partial charge is 0.296 e. The molecule has 2 N–H and O–H groups in total. The molecule has 2 aliphatic heterocycles. The van der Waals surface area contributed by atoms with Crippen LogP contribution in [-0.4, -0.2) is 23.6 Å². The first-order valence-electron chi connectivity index (χ1n) is 4.23. The van der Waals surface area contributed by atoms with Crippen LogP contribution < -0.4 is 10.6 Å². The van der Waals surface area contributed by atoms with Crippen LogP contribution in [0.5, 0.6) is 0 Å². The monoisotopic (exact) mass is 232 g/mol. The maximum atomic E-state index is 10.1. The summed E-state index contributed by atoms with van der Waals surface area (Å²) in [4.78, 5) is 40.5. The van der Waals surface area contributed by atoms with Crippen molar-refractivity contribution in [2.45, 2.75) is 25.7 Å². The summed E-state index contributed by atoms with van der Waals surface area (Å²) < 4.78 is 0. The zero-order valence-electron chi connectivity index (χ0n) is 7.96. The third-order valence-corrected chi connectivity index (χ3v) is 1.72. The molecule has 4 amide bonds. The second kappa shape index (κ2) is 6.18. The van der Waals surface area contributed by atoms with Gasteiger partial charge >= 0.3 is 0 Å². The van der Waals surface area contributed by atoms with E-state index in [1.165, 1.54) is 0 Å². The van der Waals surface area contributed by atoms with Gasteiger partial charge in [-0.25, -0.2) is 0 Å². The van der Waals surface area contributed by atoms with Gasteiger partial charge in [0.25, 0.3) is 0 Å². The highest BCUT2D eigenvalue weighted by molar-refractivity contribution is 7.59. The Kier molecular flexibility index (Phi) is 5.61. The molecule has 0 aromatic heterocycles. The fourth-order valence-corrected chi connectivity index (χ4v) is 1.02. The Balaban J connectivity index is 0.000000245. The average molecular weight is 232 g/mol. The van der Waals surface area contributed by atoms with Gasteiger partial charge in [-0.1, -0.05) is 0 Å². The van der Waals surface area contributed by atoms with Gasteiger partial charge in [0.05, 0.1) is 0 Å².